The number of carbonyl (C=O) groups is 1. The second kappa shape index (κ2) is 5.91. The molecule has 0 radical (unpaired) electrons. The van der Waals surface area contributed by atoms with Gasteiger partial charge in [0.2, 0.25) is 0 Å². The number of hydrogen-bond donors (Lipinski definition) is 0. The molecule has 0 aromatic heterocycles. The van der Waals surface area contributed by atoms with Crippen molar-refractivity contribution < 1.29 is 9.53 Å². The first-order valence-electron chi connectivity index (χ1n) is 6.80. The number of Topliss-reactive ketones (excluding diaryl/α,β-unsaturated/α-hetero) is 1. The first-order chi connectivity index (χ1) is 9.44. The monoisotopic (exact) mass is 268 g/mol. The van der Waals surface area contributed by atoms with Crippen molar-refractivity contribution in [3.63, 3.8) is 0 Å². The fraction of sp³-hybridized carbons (Fsp3) is 0.278. The molecule has 0 atom stereocenters. The molecule has 2 aromatic carbocycles. The van der Waals surface area contributed by atoms with E-state index in [0.717, 1.165) is 16.9 Å². The van der Waals surface area contributed by atoms with E-state index in [2.05, 4.69) is 0 Å². The fourth-order valence-electron chi connectivity index (χ4n) is 1.95. The predicted octanol–water partition coefficient (Wildman–Crippen LogP) is 4.29. The van der Waals surface area contributed by atoms with Crippen molar-refractivity contribution in [3.8, 4) is 5.75 Å². The van der Waals surface area contributed by atoms with Gasteiger partial charge in [0.15, 0.2) is 5.78 Å². The molecule has 0 spiro atoms. The predicted molar refractivity (Wildman–Crippen MR) is 81.3 cm³/mol. The zero-order valence-electron chi connectivity index (χ0n) is 12.2. The van der Waals surface area contributed by atoms with E-state index in [1.807, 2.05) is 75.4 Å². The molecule has 20 heavy (non-hydrogen) atoms. The van der Waals surface area contributed by atoms with Gasteiger partial charge < -0.3 is 4.74 Å². The standard InChI is InChI=1S/C18H20O2/c1-18(2,3)20-16-11-9-15(10-12-16)17(19)13-14-7-5-4-6-8-14/h4-12H,13H2,1-3H3. The van der Waals surface area contributed by atoms with Crippen LogP contribution < -0.4 is 4.74 Å². The smallest absolute Gasteiger partial charge is 0.167 e. The zero-order chi connectivity index (χ0) is 14.6. The van der Waals surface area contributed by atoms with Gasteiger partial charge in [-0.25, -0.2) is 0 Å². The Morgan fingerprint density at radius 2 is 1.55 bits per heavy atom. The lowest BCUT2D eigenvalue weighted by molar-refractivity contribution is 0.0993. The maximum absolute atomic E-state index is 12.2. The molecule has 0 bridgehead atoms. The Kier molecular flexibility index (Phi) is 4.23. The first kappa shape index (κ1) is 14.3. The molecule has 0 amide bonds. The van der Waals surface area contributed by atoms with Crippen LogP contribution in [-0.4, -0.2) is 11.4 Å². The van der Waals surface area contributed by atoms with Crippen LogP contribution in [-0.2, 0) is 6.42 Å². The van der Waals surface area contributed by atoms with Crippen LogP contribution in [0.25, 0.3) is 0 Å². The number of carbonyl (C=O) groups excluding carboxylic acids is 1. The number of hydrogen-bond acceptors (Lipinski definition) is 2. The van der Waals surface area contributed by atoms with Crippen molar-refractivity contribution in [1.29, 1.82) is 0 Å². The van der Waals surface area contributed by atoms with E-state index in [-0.39, 0.29) is 11.4 Å². The molecule has 0 saturated heterocycles. The highest BCUT2D eigenvalue weighted by atomic mass is 16.5. The van der Waals surface area contributed by atoms with Crippen molar-refractivity contribution in [3.05, 3.63) is 65.7 Å². The lowest BCUT2D eigenvalue weighted by Gasteiger charge is -2.21. The van der Waals surface area contributed by atoms with Crippen molar-refractivity contribution in [1.82, 2.24) is 0 Å². The van der Waals surface area contributed by atoms with Gasteiger partial charge >= 0.3 is 0 Å². The first-order valence-corrected chi connectivity index (χ1v) is 6.80. The van der Waals surface area contributed by atoms with E-state index in [1.54, 1.807) is 0 Å². The van der Waals surface area contributed by atoms with Crippen LogP contribution in [0, 0.1) is 0 Å². The molecular formula is C18H20O2. The van der Waals surface area contributed by atoms with Crippen molar-refractivity contribution in [2.75, 3.05) is 0 Å². The molecule has 2 nitrogen and oxygen atoms in total. The van der Waals surface area contributed by atoms with E-state index in [1.165, 1.54) is 0 Å². The van der Waals surface area contributed by atoms with Crippen LogP contribution in [0.15, 0.2) is 54.6 Å². The normalized spacial score (nSPS) is 11.2. The third-order valence-electron chi connectivity index (χ3n) is 2.81. The summed E-state index contributed by atoms with van der Waals surface area (Å²) in [6, 6.07) is 17.1. The summed E-state index contributed by atoms with van der Waals surface area (Å²) in [7, 11) is 0. The highest BCUT2D eigenvalue weighted by molar-refractivity contribution is 5.97. The second-order valence-corrected chi connectivity index (χ2v) is 5.82. The highest BCUT2D eigenvalue weighted by Gasteiger charge is 2.12. The van der Waals surface area contributed by atoms with Crippen LogP contribution in [0.5, 0.6) is 5.75 Å². The number of benzene rings is 2. The minimum absolute atomic E-state index is 0.124. The minimum Gasteiger partial charge on any atom is -0.488 e. The molecule has 2 aromatic rings. The van der Waals surface area contributed by atoms with E-state index in [9.17, 15) is 4.79 Å². The lowest BCUT2D eigenvalue weighted by atomic mass is 10.0. The number of ether oxygens (including phenoxy) is 1. The Hall–Kier alpha value is -2.09. The lowest BCUT2D eigenvalue weighted by Crippen LogP contribution is -2.22. The Morgan fingerprint density at radius 1 is 0.950 bits per heavy atom. The fourth-order valence-corrected chi connectivity index (χ4v) is 1.95. The van der Waals surface area contributed by atoms with Gasteiger partial charge in [0.05, 0.1) is 0 Å². The van der Waals surface area contributed by atoms with Crippen molar-refractivity contribution >= 4 is 5.78 Å². The number of rotatable bonds is 4. The molecule has 0 aliphatic rings. The van der Waals surface area contributed by atoms with Crippen LogP contribution in [0.4, 0.5) is 0 Å². The SMILES string of the molecule is CC(C)(C)Oc1ccc(C(=O)Cc2ccccc2)cc1. The summed E-state index contributed by atoms with van der Waals surface area (Å²) in [6.45, 7) is 6.00. The zero-order valence-corrected chi connectivity index (χ0v) is 12.2. The van der Waals surface area contributed by atoms with E-state index >= 15 is 0 Å². The molecule has 2 heteroatoms. The van der Waals surface area contributed by atoms with Gasteiger partial charge in [-0.2, -0.15) is 0 Å². The molecule has 0 heterocycles. The molecule has 0 saturated carbocycles. The molecule has 0 unspecified atom stereocenters. The summed E-state index contributed by atoms with van der Waals surface area (Å²) in [5.41, 5.74) is 1.53. The maximum atomic E-state index is 12.2. The van der Waals surface area contributed by atoms with Gasteiger partial charge in [-0.05, 0) is 50.6 Å². The molecule has 104 valence electrons. The van der Waals surface area contributed by atoms with Crippen molar-refractivity contribution in [2.24, 2.45) is 0 Å². The van der Waals surface area contributed by atoms with Crippen LogP contribution in [0.3, 0.4) is 0 Å². The van der Waals surface area contributed by atoms with Gasteiger partial charge in [-0.3, -0.25) is 4.79 Å². The summed E-state index contributed by atoms with van der Waals surface area (Å²) in [4.78, 5) is 12.2. The highest BCUT2D eigenvalue weighted by Crippen LogP contribution is 2.19. The average molecular weight is 268 g/mol. The second-order valence-electron chi connectivity index (χ2n) is 5.82. The third-order valence-corrected chi connectivity index (χ3v) is 2.81. The van der Waals surface area contributed by atoms with Crippen LogP contribution >= 0.6 is 0 Å². The summed E-state index contributed by atoms with van der Waals surface area (Å²) in [6.07, 6.45) is 0.431. The van der Waals surface area contributed by atoms with Gasteiger partial charge in [0.25, 0.3) is 0 Å². The molecule has 0 fully saturated rings. The summed E-state index contributed by atoms with van der Waals surface area (Å²) < 4.78 is 5.74. The molecule has 0 N–H and O–H groups in total. The maximum Gasteiger partial charge on any atom is 0.167 e. The van der Waals surface area contributed by atoms with Gasteiger partial charge in [0, 0.05) is 12.0 Å². The Labute approximate surface area is 120 Å². The molecule has 2 rings (SSSR count). The minimum atomic E-state index is -0.227. The van der Waals surface area contributed by atoms with Gasteiger partial charge in [0.1, 0.15) is 11.4 Å². The van der Waals surface area contributed by atoms with Crippen LogP contribution in [0.2, 0.25) is 0 Å². The van der Waals surface area contributed by atoms with Gasteiger partial charge in [-0.1, -0.05) is 30.3 Å². The molecular weight excluding hydrogens is 248 g/mol. The summed E-state index contributed by atoms with van der Waals surface area (Å²) in [5.74, 6) is 0.910. The van der Waals surface area contributed by atoms with E-state index in [0.29, 0.717) is 6.42 Å². The van der Waals surface area contributed by atoms with Crippen molar-refractivity contribution in [2.45, 2.75) is 32.8 Å². The Morgan fingerprint density at radius 3 is 2.10 bits per heavy atom. The average Bonchev–Trinajstić information content (AvgIpc) is 2.39. The summed E-state index contributed by atoms with van der Waals surface area (Å²) in [5, 5.41) is 0. The van der Waals surface area contributed by atoms with Gasteiger partial charge in [-0.15, -0.1) is 0 Å². The van der Waals surface area contributed by atoms with E-state index < -0.39 is 0 Å². The molecule has 0 aliphatic heterocycles. The topological polar surface area (TPSA) is 26.3 Å². The summed E-state index contributed by atoms with van der Waals surface area (Å²) >= 11 is 0. The quantitative estimate of drug-likeness (QED) is 0.773. The number of ketones is 1. The third kappa shape index (κ3) is 4.23. The van der Waals surface area contributed by atoms with E-state index in [4.69, 9.17) is 4.74 Å². The Balaban J connectivity index is 2.04. The largest absolute Gasteiger partial charge is 0.488 e. The molecule has 0 aliphatic carbocycles. The van der Waals surface area contributed by atoms with Crippen LogP contribution in [0.1, 0.15) is 36.7 Å². The Bertz CT molecular complexity index is 563.